The summed E-state index contributed by atoms with van der Waals surface area (Å²) in [5.74, 6) is -0.695. The van der Waals surface area contributed by atoms with Crippen LogP contribution in [-0.2, 0) is 9.53 Å². The van der Waals surface area contributed by atoms with E-state index in [0.717, 1.165) is 38.7 Å². The van der Waals surface area contributed by atoms with Crippen LogP contribution in [0.15, 0.2) is 12.7 Å². The molecule has 0 amide bonds. The number of hydrogen-bond donors (Lipinski definition) is 1. The van der Waals surface area contributed by atoms with Crippen LogP contribution in [-0.4, -0.2) is 24.3 Å². The molecule has 0 saturated heterocycles. The zero-order chi connectivity index (χ0) is 10.6. The van der Waals surface area contributed by atoms with Crippen LogP contribution >= 0.6 is 0 Å². The first kappa shape index (κ1) is 13.2. The second kappa shape index (κ2) is 10.3. The Balaban J connectivity index is 2.92. The summed E-state index contributed by atoms with van der Waals surface area (Å²) in [5.41, 5.74) is 0. The van der Waals surface area contributed by atoms with Gasteiger partial charge in [0, 0.05) is 13.0 Å². The molecule has 3 heteroatoms. The van der Waals surface area contributed by atoms with E-state index in [-0.39, 0.29) is 0 Å². The highest BCUT2D eigenvalue weighted by Gasteiger charge is 1.96. The number of unbranched alkanes of at least 4 members (excludes halogenated alkanes) is 4. The molecule has 0 spiro atoms. The molecule has 0 aliphatic carbocycles. The molecule has 0 aliphatic rings. The Bertz CT molecular complexity index is 155. The van der Waals surface area contributed by atoms with Crippen LogP contribution in [0.3, 0.4) is 0 Å². The molecule has 3 nitrogen and oxygen atoms in total. The highest BCUT2D eigenvalue weighted by Crippen LogP contribution is 2.05. The molecule has 82 valence electrons. The largest absolute Gasteiger partial charge is 0.481 e. The van der Waals surface area contributed by atoms with Gasteiger partial charge < -0.3 is 9.84 Å². The van der Waals surface area contributed by atoms with Gasteiger partial charge in [-0.3, -0.25) is 4.79 Å². The molecule has 0 atom stereocenters. The van der Waals surface area contributed by atoms with Crippen LogP contribution in [0.5, 0.6) is 0 Å². The monoisotopic (exact) mass is 200 g/mol. The van der Waals surface area contributed by atoms with Crippen molar-refractivity contribution in [1.29, 1.82) is 0 Å². The number of rotatable bonds is 10. The highest BCUT2D eigenvalue weighted by atomic mass is 16.5. The van der Waals surface area contributed by atoms with Gasteiger partial charge in [0.25, 0.3) is 0 Å². The third-order valence-electron chi connectivity index (χ3n) is 1.92. The molecule has 0 radical (unpaired) electrons. The maximum Gasteiger partial charge on any atom is 0.303 e. The van der Waals surface area contributed by atoms with E-state index >= 15 is 0 Å². The molecular weight excluding hydrogens is 180 g/mol. The summed E-state index contributed by atoms with van der Waals surface area (Å²) in [6.45, 7) is 4.96. The number of carboxylic acids is 1. The van der Waals surface area contributed by atoms with Crippen molar-refractivity contribution in [1.82, 2.24) is 0 Å². The van der Waals surface area contributed by atoms with Gasteiger partial charge in [0.2, 0.25) is 0 Å². The average Bonchev–Trinajstić information content (AvgIpc) is 2.15. The number of aliphatic carboxylic acids is 1. The first-order valence-electron chi connectivity index (χ1n) is 5.18. The van der Waals surface area contributed by atoms with Gasteiger partial charge in [-0.25, -0.2) is 0 Å². The molecule has 0 unspecified atom stereocenters. The average molecular weight is 200 g/mol. The highest BCUT2D eigenvalue weighted by molar-refractivity contribution is 5.66. The first-order chi connectivity index (χ1) is 6.77. The van der Waals surface area contributed by atoms with Crippen molar-refractivity contribution in [2.75, 3.05) is 13.2 Å². The van der Waals surface area contributed by atoms with E-state index < -0.39 is 5.97 Å². The molecule has 0 aromatic heterocycles. The quantitative estimate of drug-likeness (QED) is 0.435. The lowest BCUT2D eigenvalue weighted by Gasteiger charge is -2.01. The lowest BCUT2D eigenvalue weighted by molar-refractivity contribution is -0.137. The summed E-state index contributed by atoms with van der Waals surface area (Å²) in [6.07, 6.45) is 7.12. The summed E-state index contributed by atoms with van der Waals surface area (Å²) in [4.78, 5) is 10.2. The Morgan fingerprint density at radius 1 is 1.21 bits per heavy atom. The third-order valence-corrected chi connectivity index (χ3v) is 1.92. The minimum absolute atomic E-state index is 0.299. The van der Waals surface area contributed by atoms with Crippen LogP contribution < -0.4 is 0 Å². The van der Waals surface area contributed by atoms with Gasteiger partial charge in [-0.15, -0.1) is 6.58 Å². The van der Waals surface area contributed by atoms with Gasteiger partial charge in [0.15, 0.2) is 0 Å². The van der Waals surface area contributed by atoms with E-state index in [9.17, 15) is 4.79 Å². The van der Waals surface area contributed by atoms with E-state index in [1.807, 2.05) is 0 Å². The molecule has 14 heavy (non-hydrogen) atoms. The van der Waals surface area contributed by atoms with E-state index in [1.165, 1.54) is 0 Å². The Labute approximate surface area is 85.8 Å². The fourth-order valence-corrected chi connectivity index (χ4v) is 1.18. The molecule has 0 bridgehead atoms. The SMILES string of the molecule is C=CCOCCCCCCCC(=O)O. The van der Waals surface area contributed by atoms with Gasteiger partial charge >= 0.3 is 5.97 Å². The summed E-state index contributed by atoms with van der Waals surface area (Å²) >= 11 is 0. The molecule has 0 rings (SSSR count). The number of carboxylic acid groups (broad SMARTS) is 1. The number of carbonyl (C=O) groups is 1. The number of ether oxygens (including phenoxy) is 1. The van der Waals surface area contributed by atoms with Crippen LogP contribution in [0.4, 0.5) is 0 Å². The van der Waals surface area contributed by atoms with E-state index in [1.54, 1.807) is 6.08 Å². The van der Waals surface area contributed by atoms with Gasteiger partial charge in [0.1, 0.15) is 0 Å². The van der Waals surface area contributed by atoms with Gasteiger partial charge in [-0.05, 0) is 12.8 Å². The van der Waals surface area contributed by atoms with Gasteiger partial charge in [-0.1, -0.05) is 25.3 Å². The normalized spacial score (nSPS) is 10.0. The van der Waals surface area contributed by atoms with E-state index in [2.05, 4.69) is 6.58 Å². The van der Waals surface area contributed by atoms with Crippen LogP contribution in [0.25, 0.3) is 0 Å². The summed E-state index contributed by atoms with van der Waals surface area (Å²) in [6, 6.07) is 0. The number of hydrogen-bond acceptors (Lipinski definition) is 2. The zero-order valence-electron chi connectivity index (χ0n) is 8.71. The van der Waals surface area contributed by atoms with Crippen molar-refractivity contribution >= 4 is 5.97 Å². The Morgan fingerprint density at radius 2 is 1.86 bits per heavy atom. The minimum atomic E-state index is -0.695. The predicted molar refractivity (Wildman–Crippen MR) is 56.4 cm³/mol. The standard InChI is InChI=1S/C11H20O3/c1-2-9-14-10-7-5-3-4-6-8-11(12)13/h2H,1,3-10H2,(H,12,13). The molecular formula is C11H20O3. The Morgan fingerprint density at radius 3 is 2.50 bits per heavy atom. The Kier molecular flexibility index (Phi) is 9.64. The molecule has 0 aliphatic heterocycles. The smallest absolute Gasteiger partial charge is 0.303 e. The molecule has 1 N–H and O–H groups in total. The fraction of sp³-hybridized carbons (Fsp3) is 0.727. The molecule has 0 aromatic rings. The van der Waals surface area contributed by atoms with Crippen molar-refractivity contribution < 1.29 is 14.6 Å². The van der Waals surface area contributed by atoms with Crippen molar-refractivity contribution in [3.05, 3.63) is 12.7 Å². The van der Waals surface area contributed by atoms with E-state index in [4.69, 9.17) is 9.84 Å². The van der Waals surface area contributed by atoms with Crippen molar-refractivity contribution in [2.24, 2.45) is 0 Å². The lowest BCUT2D eigenvalue weighted by Crippen LogP contribution is -1.95. The lowest BCUT2D eigenvalue weighted by atomic mass is 10.1. The maximum absolute atomic E-state index is 10.2. The summed E-state index contributed by atoms with van der Waals surface area (Å²) in [5, 5.41) is 8.38. The van der Waals surface area contributed by atoms with Crippen molar-refractivity contribution in [2.45, 2.75) is 38.5 Å². The molecule has 0 saturated carbocycles. The maximum atomic E-state index is 10.2. The van der Waals surface area contributed by atoms with Gasteiger partial charge in [0.05, 0.1) is 6.61 Å². The third kappa shape index (κ3) is 11.2. The molecule has 0 fully saturated rings. The molecule has 0 heterocycles. The van der Waals surface area contributed by atoms with E-state index in [0.29, 0.717) is 13.0 Å². The van der Waals surface area contributed by atoms with Crippen LogP contribution in [0, 0.1) is 0 Å². The fourth-order valence-electron chi connectivity index (χ4n) is 1.18. The topological polar surface area (TPSA) is 46.5 Å². The second-order valence-electron chi connectivity index (χ2n) is 3.28. The minimum Gasteiger partial charge on any atom is -0.481 e. The summed E-state index contributed by atoms with van der Waals surface area (Å²) < 4.78 is 5.22. The van der Waals surface area contributed by atoms with Gasteiger partial charge in [-0.2, -0.15) is 0 Å². The zero-order valence-corrected chi connectivity index (χ0v) is 8.71. The molecule has 0 aromatic carbocycles. The van der Waals surface area contributed by atoms with Crippen molar-refractivity contribution in [3.63, 3.8) is 0 Å². The predicted octanol–water partition coefficient (Wildman–Crippen LogP) is 2.61. The first-order valence-corrected chi connectivity index (χ1v) is 5.18. The van der Waals surface area contributed by atoms with Crippen LogP contribution in [0.2, 0.25) is 0 Å². The second-order valence-corrected chi connectivity index (χ2v) is 3.28. The van der Waals surface area contributed by atoms with Crippen LogP contribution in [0.1, 0.15) is 38.5 Å². The Hall–Kier alpha value is -0.830. The summed E-state index contributed by atoms with van der Waals surface area (Å²) in [7, 11) is 0. The van der Waals surface area contributed by atoms with Crippen molar-refractivity contribution in [3.8, 4) is 0 Å².